The molecule has 3 nitrogen and oxygen atoms in total. The van der Waals surface area contributed by atoms with Crippen LogP contribution in [0.15, 0.2) is 44.9 Å². The van der Waals surface area contributed by atoms with E-state index in [1.165, 1.54) is 10.5 Å². The SMILES string of the molecule is CCNC(C)c1cc(Br)ccc1Sc1cnn(C)c1. The van der Waals surface area contributed by atoms with Crippen LogP contribution in [0.2, 0.25) is 0 Å². The van der Waals surface area contributed by atoms with Crippen LogP contribution < -0.4 is 5.32 Å². The summed E-state index contributed by atoms with van der Waals surface area (Å²) in [7, 11) is 1.94. The Morgan fingerprint density at radius 1 is 1.47 bits per heavy atom. The van der Waals surface area contributed by atoms with Crippen molar-refractivity contribution >= 4 is 27.7 Å². The number of aromatic nitrogens is 2. The van der Waals surface area contributed by atoms with Crippen LogP contribution in [0.3, 0.4) is 0 Å². The first-order valence-electron chi connectivity index (χ1n) is 6.29. The summed E-state index contributed by atoms with van der Waals surface area (Å²) >= 11 is 5.31. The van der Waals surface area contributed by atoms with Crippen molar-refractivity contribution in [3.63, 3.8) is 0 Å². The van der Waals surface area contributed by atoms with Crippen molar-refractivity contribution < 1.29 is 0 Å². The zero-order valence-corrected chi connectivity index (χ0v) is 13.8. The predicted octanol–water partition coefficient (Wildman–Crippen LogP) is 4.00. The molecule has 0 saturated heterocycles. The number of hydrogen-bond acceptors (Lipinski definition) is 3. The molecule has 0 aliphatic heterocycles. The topological polar surface area (TPSA) is 29.9 Å². The second-order valence-electron chi connectivity index (χ2n) is 4.41. The number of aryl methyl sites for hydroxylation is 1. The molecule has 5 heteroatoms. The molecule has 2 aromatic rings. The summed E-state index contributed by atoms with van der Waals surface area (Å²) in [5, 5.41) is 7.68. The first-order chi connectivity index (χ1) is 9.10. The van der Waals surface area contributed by atoms with Crippen molar-refractivity contribution in [2.45, 2.75) is 29.7 Å². The second-order valence-corrected chi connectivity index (χ2v) is 6.44. The smallest absolute Gasteiger partial charge is 0.0629 e. The van der Waals surface area contributed by atoms with Gasteiger partial charge in [0, 0.05) is 28.7 Å². The van der Waals surface area contributed by atoms with Gasteiger partial charge in [-0.1, -0.05) is 34.6 Å². The highest BCUT2D eigenvalue weighted by molar-refractivity contribution is 9.10. The molecule has 0 fully saturated rings. The van der Waals surface area contributed by atoms with Crippen LogP contribution in [0.1, 0.15) is 25.5 Å². The Balaban J connectivity index is 2.28. The first kappa shape index (κ1) is 14.6. The van der Waals surface area contributed by atoms with Gasteiger partial charge in [0.1, 0.15) is 0 Å². The van der Waals surface area contributed by atoms with E-state index in [2.05, 4.69) is 58.4 Å². The van der Waals surface area contributed by atoms with Crippen molar-refractivity contribution in [1.82, 2.24) is 15.1 Å². The number of rotatable bonds is 5. The Bertz CT molecular complexity index is 553. The van der Waals surface area contributed by atoms with Crippen LogP contribution in [-0.4, -0.2) is 16.3 Å². The molecule has 0 aliphatic rings. The van der Waals surface area contributed by atoms with Crippen molar-refractivity contribution in [1.29, 1.82) is 0 Å². The van der Waals surface area contributed by atoms with Gasteiger partial charge in [-0.05, 0) is 37.2 Å². The molecule has 19 heavy (non-hydrogen) atoms. The Labute approximate surface area is 126 Å². The van der Waals surface area contributed by atoms with E-state index in [0.29, 0.717) is 6.04 Å². The largest absolute Gasteiger partial charge is 0.310 e. The number of benzene rings is 1. The van der Waals surface area contributed by atoms with Gasteiger partial charge in [0.05, 0.1) is 11.1 Å². The van der Waals surface area contributed by atoms with E-state index in [9.17, 15) is 0 Å². The molecule has 1 unspecified atom stereocenters. The standard InChI is InChI=1S/C14H18BrN3S/c1-4-16-10(2)13-7-11(15)5-6-14(13)19-12-8-17-18(3)9-12/h5-10,16H,4H2,1-3H3. The first-order valence-corrected chi connectivity index (χ1v) is 7.90. The summed E-state index contributed by atoms with van der Waals surface area (Å²) in [4.78, 5) is 2.43. The van der Waals surface area contributed by atoms with Gasteiger partial charge in [-0.2, -0.15) is 5.10 Å². The number of nitrogens with one attached hydrogen (secondary N) is 1. The Morgan fingerprint density at radius 3 is 2.89 bits per heavy atom. The van der Waals surface area contributed by atoms with Gasteiger partial charge >= 0.3 is 0 Å². The molecule has 1 N–H and O–H groups in total. The minimum atomic E-state index is 0.335. The molecule has 102 valence electrons. The highest BCUT2D eigenvalue weighted by Gasteiger charge is 2.12. The lowest BCUT2D eigenvalue weighted by molar-refractivity contribution is 0.589. The van der Waals surface area contributed by atoms with Crippen molar-refractivity contribution in [2.24, 2.45) is 7.05 Å². The van der Waals surface area contributed by atoms with Gasteiger partial charge in [-0.25, -0.2) is 0 Å². The lowest BCUT2D eigenvalue weighted by Crippen LogP contribution is -2.18. The maximum atomic E-state index is 4.21. The molecule has 0 saturated carbocycles. The molecule has 1 atom stereocenters. The molecule has 1 heterocycles. The number of halogens is 1. The van der Waals surface area contributed by atoms with E-state index in [0.717, 1.165) is 15.9 Å². The van der Waals surface area contributed by atoms with Crippen molar-refractivity contribution in [3.8, 4) is 0 Å². The van der Waals surface area contributed by atoms with E-state index < -0.39 is 0 Å². The Kier molecular flexibility index (Phi) is 5.07. The van der Waals surface area contributed by atoms with Crippen LogP contribution in [-0.2, 0) is 7.05 Å². The molecule has 1 aromatic carbocycles. The Hall–Kier alpha value is -0.780. The van der Waals surface area contributed by atoms with E-state index in [1.54, 1.807) is 11.8 Å². The quantitative estimate of drug-likeness (QED) is 0.892. The maximum Gasteiger partial charge on any atom is 0.0629 e. The molecule has 0 spiro atoms. The van der Waals surface area contributed by atoms with Gasteiger partial charge in [0.15, 0.2) is 0 Å². The molecule has 0 amide bonds. The van der Waals surface area contributed by atoms with Gasteiger partial charge in [-0.3, -0.25) is 4.68 Å². The molecule has 0 aliphatic carbocycles. The highest BCUT2D eigenvalue weighted by atomic mass is 79.9. The van der Waals surface area contributed by atoms with Gasteiger partial charge in [0.2, 0.25) is 0 Å². The lowest BCUT2D eigenvalue weighted by atomic mass is 10.1. The number of hydrogen-bond donors (Lipinski definition) is 1. The zero-order chi connectivity index (χ0) is 13.8. The predicted molar refractivity (Wildman–Crippen MR) is 83.6 cm³/mol. The van der Waals surface area contributed by atoms with Gasteiger partial charge in [0.25, 0.3) is 0 Å². The van der Waals surface area contributed by atoms with Gasteiger partial charge in [-0.15, -0.1) is 0 Å². The molecule has 1 aromatic heterocycles. The molecule has 0 radical (unpaired) electrons. The van der Waals surface area contributed by atoms with E-state index in [-0.39, 0.29) is 0 Å². The minimum Gasteiger partial charge on any atom is -0.310 e. The van der Waals surface area contributed by atoms with Crippen LogP contribution in [0, 0.1) is 0 Å². The van der Waals surface area contributed by atoms with Crippen molar-refractivity contribution in [2.75, 3.05) is 6.54 Å². The lowest BCUT2D eigenvalue weighted by Gasteiger charge is -2.17. The average Bonchev–Trinajstić information content (AvgIpc) is 2.77. The third kappa shape index (κ3) is 3.84. The van der Waals surface area contributed by atoms with Crippen molar-refractivity contribution in [3.05, 3.63) is 40.6 Å². The summed E-state index contributed by atoms with van der Waals surface area (Å²) in [6.45, 7) is 5.28. The van der Waals surface area contributed by atoms with E-state index in [1.807, 2.05) is 24.1 Å². The van der Waals surface area contributed by atoms with Crippen LogP contribution >= 0.6 is 27.7 Å². The molecular weight excluding hydrogens is 322 g/mol. The Morgan fingerprint density at radius 2 is 2.26 bits per heavy atom. The zero-order valence-electron chi connectivity index (χ0n) is 11.4. The highest BCUT2D eigenvalue weighted by Crippen LogP contribution is 2.34. The molecule has 2 rings (SSSR count). The fourth-order valence-electron chi connectivity index (χ4n) is 1.95. The van der Waals surface area contributed by atoms with E-state index in [4.69, 9.17) is 0 Å². The summed E-state index contributed by atoms with van der Waals surface area (Å²) in [6.07, 6.45) is 3.93. The maximum absolute atomic E-state index is 4.21. The third-order valence-electron chi connectivity index (χ3n) is 2.86. The van der Waals surface area contributed by atoms with Crippen LogP contribution in [0.5, 0.6) is 0 Å². The third-order valence-corrected chi connectivity index (χ3v) is 4.39. The van der Waals surface area contributed by atoms with Crippen LogP contribution in [0.4, 0.5) is 0 Å². The number of nitrogens with zero attached hydrogens (tertiary/aromatic N) is 2. The monoisotopic (exact) mass is 339 g/mol. The summed E-state index contributed by atoms with van der Waals surface area (Å²) in [5.41, 5.74) is 1.31. The fraction of sp³-hybridized carbons (Fsp3) is 0.357. The minimum absolute atomic E-state index is 0.335. The van der Waals surface area contributed by atoms with Gasteiger partial charge < -0.3 is 5.32 Å². The summed E-state index contributed by atoms with van der Waals surface area (Å²) < 4.78 is 2.94. The normalized spacial score (nSPS) is 12.6. The van der Waals surface area contributed by atoms with E-state index >= 15 is 0 Å². The second kappa shape index (κ2) is 6.59. The molecule has 0 bridgehead atoms. The summed E-state index contributed by atoms with van der Waals surface area (Å²) in [5.74, 6) is 0. The molecular formula is C14H18BrN3S. The summed E-state index contributed by atoms with van der Waals surface area (Å²) in [6, 6.07) is 6.76. The van der Waals surface area contributed by atoms with Crippen LogP contribution in [0.25, 0.3) is 0 Å². The average molecular weight is 340 g/mol. The fourth-order valence-corrected chi connectivity index (χ4v) is 3.37.